The Bertz CT molecular complexity index is 712. The number of aryl methyl sites for hydroxylation is 1. The first-order chi connectivity index (χ1) is 10.7. The van der Waals surface area contributed by atoms with Crippen LogP contribution in [0, 0.1) is 5.92 Å². The molecule has 1 aliphatic heterocycles. The van der Waals surface area contributed by atoms with Crippen molar-refractivity contribution in [2.24, 2.45) is 5.92 Å². The van der Waals surface area contributed by atoms with Gasteiger partial charge in [0.15, 0.2) is 0 Å². The fourth-order valence-electron chi connectivity index (χ4n) is 3.83. The number of carbonyl (C=O) groups excluding carboxylic acids is 1. The molecule has 1 aromatic heterocycles. The van der Waals surface area contributed by atoms with Crippen molar-refractivity contribution in [1.82, 2.24) is 14.9 Å². The van der Waals surface area contributed by atoms with E-state index in [0.717, 1.165) is 36.9 Å². The van der Waals surface area contributed by atoms with Crippen LogP contribution in [0.3, 0.4) is 0 Å². The average Bonchev–Trinajstić information content (AvgIpc) is 3.12. The summed E-state index contributed by atoms with van der Waals surface area (Å²) in [6.07, 6.45) is 6.95. The topological polar surface area (TPSA) is 46.9 Å². The van der Waals surface area contributed by atoms with Crippen molar-refractivity contribution in [2.45, 2.75) is 58.0 Å². The van der Waals surface area contributed by atoms with Crippen LogP contribution in [-0.4, -0.2) is 21.5 Å². The van der Waals surface area contributed by atoms with E-state index in [2.05, 4.69) is 22.9 Å². The van der Waals surface area contributed by atoms with Gasteiger partial charge in [-0.1, -0.05) is 19.8 Å². The monoisotopic (exact) mass is 297 g/mol. The molecule has 4 rings (SSSR count). The molecule has 1 N–H and O–H groups in total. The Morgan fingerprint density at radius 2 is 2.09 bits per heavy atom. The lowest BCUT2D eigenvalue weighted by Gasteiger charge is -2.20. The summed E-state index contributed by atoms with van der Waals surface area (Å²) in [6, 6.07) is 6.32. The van der Waals surface area contributed by atoms with Gasteiger partial charge in [-0.05, 0) is 43.4 Å². The zero-order valence-electron chi connectivity index (χ0n) is 13.1. The van der Waals surface area contributed by atoms with E-state index in [-0.39, 0.29) is 5.91 Å². The zero-order chi connectivity index (χ0) is 15.1. The number of nitrogens with one attached hydrogen (secondary N) is 1. The Balaban J connectivity index is 1.61. The quantitative estimate of drug-likeness (QED) is 0.924. The van der Waals surface area contributed by atoms with E-state index in [1.54, 1.807) is 0 Å². The Hall–Kier alpha value is -1.84. The Labute approximate surface area is 130 Å². The van der Waals surface area contributed by atoms with Gasteiger partial charge in [0, 0.05) is 24.6 Å². The zero-order valence-corrected chi connectivity index (χ0v) is 13.1. The fourth-order valence-corrected chi connectivity index (χ4v) is 3.83. The number of rotatable bonds is 2. The molecule has 2 heterocycles. The number of hydrogen-bond donors (Lipinski definition) is 1. The van der Waals surface area contributed by atoms with Gasteiger partial charge in [0.2, 0.25) is 0 Å². The Morgan fingerprint density at radius 3 is 2.91 bits per heavy atom. The standard InChI is InChI=1S/C18H23N3O/c1-12-8-9-21-16-7-6-13(11-15(16)20-17(21)10-12)18(22)19-14-4-2-3-5-14/h6-7,11-12,14H,2-5,8-10H2,1H3,(H,19,22)/t12-/m0/s1. The van der Waals surface area contributed by atoms with E-state index in [4.69, 9.17) is 4.98 Å². The number of benzene rings is 1. The lowest BCUT2D eigenvalue weighted by Crippen LogP contribution is -2.32. The lowest BCUT2D eigenvalue weighted by molar-refractivity contribution is 0.0938. The highest BCUT2D eigenvalue weighted by atomic mass is 16.1. The van der Waals surface area contributed by atoms with Crippen molar-refractivity contribution in [3.05, 3.63) is 29.6 Å². The first kappa shape index (κ1) is 13.8. The van der Waals surface area contributed by atoms with Crippen LogP contribution in [0.1, 0.15) is 55.2 Å². The summed E-state index contributed by atoms with van der Waals surface area (Å²) in [7, 11) is 0. The second-order valence-corrected chi connectivity index (χ2v) is 6.94. The molecule has 22 heavy (non-hydrogen) atoms. The maximum Gasteiger partial charge on any atom is 0.251 e. The van der Waals surface area contributed by atoms with Crippen molar-refractivity contribution in [3.8, 4) is 0 Å². The van der Waals surface area contributed by atoms with Crippen molar-refractivity contribution < 1.29 is 4.79 Å². The number of imidazole rings is 1. The smallest absolute Gasteiger partial charge is 0.251 e. The number of aromatic nitrogens is 2. The van der Waals surface area contributed by atoms with E-state index in [1.165, 1.54) is 30.6 Å². The summed E-state index contributed by atoms with van der Waals surface area (Å²) in [5, 5.41) is 3.16. The van der Waals surface area contributed by atoms with Gasteiger partial charge in [0.1, 0.15) is 5.82 Å². The molecule has 1 fully saturated rings. The van der Waals surface area contributed by atoms with Crippen LogP contribution in [0.15, 0.2) is 18.2 Å². The summed E-state index contributed by atoms with van der Waals surface area (Å²) < 4.78 is 2.31. The second-order valence-electron chi connectivity index (χ2n) is 6.94. The molecule has 1 atom stereocenters. The van der Waals surface area contributed by atoms with Gasteiger partial charge in [0.25, 0.3) is 5.91 Å². The van der Waals surface area contributed by atoms with Crippen LogP contribution in [-0.2, 0) is 13.0 Å². The molecule has 0 bridgehead atoms. The number of nitrogens with zero attached hydrogens (tertiary/aromatic N) is 2. The molecule has 1 aliphatic carbocycles. The molecular weight excluding hydrogens is 274 g/mol. The van der Waals surface area contributed by atoms with E-state index in [1.807, 2.05) is 12.1 Å². The Kier molecular flexibility index (Phi) is 3.40. The highest BCUT2D eigenvalue weighted by molar-refractivity contribution is 5.97. The average molecular weight is 297 g/mol. The SMILES string of the molecule is C[C@H]1CCn2c(nc3cc(C(=O)NC4CCCC4)ccc32)C1. The maximum atomic E-state index is 12.4. The van der Waals surface area contributed by atoms with Gasteiger partial charge in [-0.2, -0.15) is 0 Å². The van der Waals surface area contributed by atoms with Crippen molar-refractivity contribution in [2.75, 3.05) is 0 Å². The predicted molar refractivity (Wildman–Crippen MR) is 86.9 cm³/mol. The minimum atomic E-state index is 0.0492. The van der Waals surface area contributed by atoms with E-state index < -0.39 is 0 Å². The van der Waals surface area contributed by atoms with Crippen LogP contribution in [0.4, 0.5) is 0 Å². The molecule has 2 aliphatic rings. The van der Waals surface area contributed by atoms with E-state index in [9.17, 15) is 4.79 Å². The molecule has 0 saturated heterocycles. The minimum Gasteiger partial charge on any atom is -0.349 e. The van der Waals surface area contributed by atoms with Crippen LogP contribution in [0.5, 0.6) is 0 Å². The summed E-state index contributed by atoms with van der Waals surface area (Å²) in [5.74, 6) is 1.92. The van der Waals surface area contributed by atoms with Gasteiger partial charge in [0.05, 0.1) is 11.0 Å². The first-order valence-electron chi connectivity index (χ1n) is 8.51. The highest BCUT2D eigenvalue weighted by Crippen LogP contribution is 2.26. The number of carbonyl (C=O) groups is 1. The van der Waals surface area contributed by atoms with Crippen molar-refractivity contribution in [3.63, 3.8) is 0 Å². The summed E-state index contributed by atoms with van der Waals surface area (Å²) in [4.78, 5) is 17.2. The molecule has 2 aromatic rings. The summed E-state index contributed by atoms with van der Waals surface area (Å²) >= 11 is 0. The van der Waals surface area contributed by atoms with Gasteiger partial charge in [-0.15, -0.1) is 0 Å². The first-order valence-corrected chi connectivity index (χ1v) is 8.51. The third-order valence-corrected chi connectivity index (χ3v) is 5.16. The fraction of sp³-hybridized carbons (Fsp3) is 0.556. The predicted octanol–water partition coefficient (Wildman–Crippen LogP) is 3.29. The molecular formula is C18H23N3O. The maximum absolute atomic E-state index is 12.4. The third-order valence-electron chi connectivity index (χ3n) is 5.16. The minimum absolute atomic E-state index is 0.0492. The second kappa shape index (κ2) is 5.41. The summed E-state index contributed by atoms with van der Waals surface area (Å²) in [6.45, 7) is 3.32. The Morgan fingerprint density at radius 1 is 1.27 bits per heavy atom. The van der Waals surface area contributed by atoms with Gasteiger partial charge >= 0.3 is 0 Å². The van der Waals surface area contributed by atoms with Gasteiger partial charge in [-0.25, -0.2) is 4.98 Å². The van der Waals surface area contributed by atoms with Crippen molar-refractivity contribution >= 4 is 16.9 Å². The van der Waals surface area contributed by atoms with Crippen LogP contribution >= 0.6 is 0 Å². The van der Waals surface area contributed by atoms with Crippen LogP contribution in [0.2, 0.25) is 0 Å². The van der Waals surface area contributed by atoms with Gasteiger partial charge < -0.3 is 9.88 Å². The molecule has 1 amide bonds. The number of amides is 1. The van der Waals surface area contributed by atoms with Crippen molar-refractivity contribution in [1.29, 1.82) is 0 Å². The number of fused-ring (bicyclic) bond motifs is 3. The lowest BCUT2D eigenvalue weighted by atomic mass is 10.0. The normalized spacial score (nSPS) is 22.0. The van der Waals surface area contributed by atoms with E-state index >= 15 is 0 Å². The van der Waals surface area contributed by atoms with Crippen LogP contribution < -0.4 is 5.32 Å². The van der Waals surface area contributed by atoms with Crippen LogP contribution in [0.25, 0.3) is 11.0 Å². The summed E-state index contributed by atoms with van der Waals surface area (Å²) in [5.41, 5.74) is 2.87. The molecule has 4 nitrogen and oxygen atoms in total. The third kappa shape index (κ3) is 2.40. The molecule has 1 saturated carbocycles. The van der Waals surface area contributed by atoms with E-state index in [0.29, 0.717) is 12.0 Å². The molecule has 1 aromatic carbocycles. The molecule has 0 radical (unpaired) electrons. The largest absolute Gasteiger partial charge is 0.349 e. The number of hydrogen-bond acceptors (Lipinski definition) is 2. The van der Waals surface area contributed by atoms with Gasteiger partial charge in [-0.3, -0.25) is 4.79 Å². The molecule has 0 unspecified atom stereocenters. The molecule has 4 heteroatoms. The molecule has 116 valence electrons. The molecule has 0 spiro atoms. The highest BCUT2D eigenvalue weighted by Gasteiger charge is 2.21.